The number of hydrogen-bond donors (Lipinski definition) is 0. The van der Waals surface area contributed by atoms with Crippen molar-refractivity contribution < 1.29 is 9.63 Å². The van der Waals surface area contributed by atoms with Gasteiger partial charge in [0.2, 0.25) is 5.91 Å². The van der Waals surface area contributed by atoms with E-state index in [4.69, 9.17) is 4.84 Å². The van der Waals surface area contributed by atoms with Gasteiger partial charge < -0.3 is 0 Å². The zero-order valence-corrected chi connectivity index (χ0v) is 7.73. The topological polar surface area (TPSA) is 42.4 Å². The van der Waals surface area contributed by atoms with E-state index in [1.807, 2.05) is 6.92 Å². The van der Waals surface area contributed by atoms with Crippen molar-refractivity contribution >= 4 is 11.7 Å². The highest BCUT2D eigenvalue weighted by atomic mass is 16.7. The smallest absolute Gasteiger partial charge is 0.249 e. The highest BCUT2D eigenvalue weighted by Gasteiger charge is 2.11. The number of carbonyl (C=O) groups excluding carboxylic acids is 1. The van der Waals surface area contributed by atoms with Gasteiger partial charge >= 0.3 is 0 Å². The number of hydroxylamine groups is 1. The van der Waals surface area contributed by atoms with Crippen molar-refractivity contribution in [3.05, 3.63) is 24.4 Å². The quantitative estimate of drug-likeness (QED) is 0.660. The van der Waals surface area contributed by atoms with E-state index < -0.39 is 0 Å². The highest BCUT2D eigenvalue weighted by molar-refractivity contribution is 5.88. The molecule has 1 heterocycles. The van der Waals surface area contributed by atoms with E-state index in [1.165, 1.54) is 12.0 Å². The van der Waals surface area contributed by atoms with Crippen molar-refractivity contribution in [1.82, 2.24) is 4.98 Å². The number of aromatic nitrogens is 1. The van der Waals surface area contributed by atoms with Crippen LogP contribution in [-0.4, -0.2) is 17.5 Å². The van der Waals surface area contributed by atoms with Gasteiger partial charge in [-0.25, -0.2) is 4.98 Å². The van der Waals surface area contributed by atoms with Crippen molar-refractivity contribution in [2.24, 2.45) is 0 Å². The molecule has 0 aliphatic heterocycles. The Labute approximate surface area is 77.1 Å². The summed E-state index contributed by atoms with van der Waals surface area (Å²) in [6.07, 6.45) is 1.62. The molecule has 1 aromatic rings. The molecule has 0 atom stereocenters. The van der Waals surface area contributed by atoms with Crippen LogP contribution in [0.3, 0.4) is 0 Å². The molecule has 0 saturated heterocycles. The Hall–Kier alpha value is -1.42. The van der Waals surface area contributed by atoms with E-state index in [2.05, 4.69) is 4.98 Å². The minimum absolute atomic E-state index is 0.180. The summed E-state index contributed by atoms with van der Waals surface area (Å²) in [4.78, 5) is 20.2. The van der Waals surface area contributed by atoms with E-state index >= 15 is 0 Å². The summed E-state index contributed by atoms with van der Waals surface area (Å²) in [5, 5.41) is 1.18. The van der Waals surface area contributed by atoms with E-state index in [1.54, 1.807) is 24.4 Å². The van der Waals surface area contributed by atoms with Crippen LogP contribution >= 0.6 is 0 Å². The van der Waals surface area contributed by atoms with Gasteiger partial charge in [-0.2, -0.15) is 5.06 Å². The monoisotopic (exact) mass is 180 g/mol. The first-order valence-corrected chi connectivity index (χ1v) is 4.10. The molecule has 1 amide bonds. The number of hydrogen-bond acceptors (Lipinski definition) is 3. The lowest BCUT2D eigenvalue weighted by molar-refractivity contribution is -0.123. The van der Waals surface area contributed by atoms with Crippen molar-refractivity contribution in [1.29, 1.82) is 0 Å². The third kappa shape index (κ3) is 2.52. The van der Waals surface area contributed by atoms with Crippen molar-refractivity contribution in [2.75, 3.05) is 11.7 Å². The summed E-state index contributed by atoms with van der Waals surface area (Å²) in [6, 6.07) is 5.31. The SMILES string of the molecule is CCON(C(C)=O)c1ccccn1. The summed E-state index contributed by atoms with van der Waals surface area (Å²) in [5.74, 6) is 0.331. The van der Waals surface area contributed by atoms with Crippen LogP contribution < -0.4 is 5.06 Å². The fraction of sp³-hybridized carbons (Fsp3) is 0.333. The van der Waals surface area contributed by atoms with E-state index in [-0.39, 0.29) is 5.91 Å². The average molecular weight is 180 g/mol. The molecule has 70 valence electrons. The maximum absolute atomic E-state index is 11.1. The molecule has 0 aromatic carbocycles. The predicted molar refractivity (Wildman–Crippen MR) is 49.0 cm³/mol. The van der Waals surface area contributed by atoms with Crippen LogP contribution in [0.5, 0.6) is 0 Å². The van der Waals surface area contributed by atoms with Crippen LogP contribution in [0.25, 0.3) is 0 Å². The standard InChI is InChI=1S/C9H12N2O2/c1-3-13-11(8(2)12)9-6-4-5-7-10-9/h4-7H,3H2,1-2H3. The molecule has 0 bridgehead atoms. The first-order chi connectivity index (χ1) is 6.25. The summed E-state index contributed by atoms with van der Waals surface area (Å²) < 4.78 is 0. The molecule has 0 aliphatic carbocycles. The fourth-order valence-electron chi connectivity index (χ4n) is 0.921. The van der Waals surface area contributed by atoms with Gasteiger partial charge in [0.25, 0.3) is 0 Å². The zero-order chi connectivity index (χ0) is 9.68. The van der Waals surface area contributed by atoms with E-state index in [0.717, 1.165) is 0 Å². The largest absolute Gasteiger partial charge is 0.272 e. The molecule has 0 spiro atoms. The van der Waals surface area contributed by atoms with Crippen LogP contribution in [0.2, 0.25) is 0 Å². The maximum atomic E-state index is 11.1. The van der Waals surface area contributed by atoms with Gasteiger partial charge in [0, 0.05) is 13.1 Å². The van der Waals surface area contributed by atoms with E-state index in [0.29, 0.717) is 12.4 Å². The number of nitrogens with zero attached hydrogens (tertiary/aromatic N) is 2. The lowest BCUT2D eigenvalue weighted by Gasteiger charge is -2.17. The Kier molecular flexibility index (Phi) is 3.40. The first kappa shape index (κ1) is 9.67. The summed E-state index contributed by atoms with van der Waals surface area (Å²) >= 11 is 0. The van der Waals surface area contributed by atoms with Gasteiger partial charge in [0.1, 0.15) is 0 Å². The van der Waals surface area contributed by atoms with Crippen molar-refractivity contribution in [3.63, 3.8) is 0 Å². The second kappa shape index (κ2) is 4.57. The Morgan fingerprint density at radius 3 is 2.85 bits per heavy atom. The Morgan fingerprint density at radius 1 is 1.62 bits per heavy atom. The fourth-order valence-corrected chi connectivity index (χ4v) is 0.921. The Morgan fingerprint density at radius 2 is 2.38 bits per heavy atom. The second-order valence-electron chi connectivity index (χ2n) is 2.42. The van der Waals surface area contributed by atoms with Gasteiger partial charge in [-0.3, -0.25) is 9.63 Å². The van der Waals surface area contributed by atoms with Crippen LogP contribution in [0, 0.1) is 0 Å². The van der Waals surface area contributed by atoms with Gasteiger partial charge in [-0.1, -0.05) is 6.07 Å². The van der Waals surface area contributed by atoms with Crippen LogP contribution in [0.15, 0.2) is 24.4 Å². The molecule has 0 saturated carbocycles. The summed E-state index contributed by atoms with van der Waals surface area (Å²) in [6.45, 7) is 3.69. The third-order valence-corrected chi connectivity index (χ3v) is 1.40. The molecular weight excluding hydrogens is 168 g/mol. The van der Waals surface area contributed by atoms with Gasteiger partial charge in [-0.05, 0) is 19.1 Å². The molecule has 13 heavy (non-hydrogen) atoms. The molecule has 0 aliphatic rings. The molecule has 1 rings (SSSR count). The van der Waals surface area contributed by atoms with Crippen molar-refractivity contribution in [3.8, 4) is 0 Å². The molecule has 0 radical (unpaired) electrons. The van der Waals surface area contributed by atoms with E-state index in [9.17, 15) is 4.79 Å². The first-order valence-electron chi connectivity index (χ1n) is 4.10. The Bertz CT molecular complexity index is 274. The lowest BCUT2D eigenvalue weighted by Crippen LogP contribution is -2.29. The van der Waals surface area contributed by atoms with Crippen molar-refractivity contribution in [2.45, 2.75) is 13.8 Å². The summed E-state index contributed by atoms with van der Waals surface area (Å²) in [7, 11) is 0. The van der Waals surface area contributed by atoms with Crippen LogP contribution in [0.1, 0.15) is 13.8 Å². The van der Waals surface area contributed by atoms with Gasteiger partial charge in [-0.15, -0.1) is 0 Å². The second-order valence-corrected chi connectivity index (χ2v) is 2.42. The lowest BCUT2D eigenvalue weighted by atomic mass is 10.4. The average Bonchev–Trinajstić information content (AvgIpc) is 2.15. The zero-order valence-electron chi connectivity index (χ0n) is 7.73. The minimum Gasteiger partial charge on any atom is -0.272 e. The van der Waals surface area contributed by atoms with Gasteiger partial charge in [0.05, 0.1) is 6.61 Å². The molecule has 1 aromatic heterocycles. The number of amides is 1. The van der Waals surface area contributed by atoms with Crippen LogP contribution in [-0.2, 0) is 9.63 Å². The summed E-state index contributed by atoms with van der Waals surface area (Å²) in [5.41, 5.74) is 0. The molecule has 0 fully saturated rings. The van der Waals surface area contributed by atoms with Gasteiger partial charge in [0.15, 0.2) is 5.82 Å². The highest BCUT2D eigenvalue weighted by Crippen LogP contribution is 2.09. The molecule has 4 heteroatoms. The predicted octanol–water partition coefficient (Wildman–Crippen LogP) is 1.39. The number of rotatable bonds is 3. The Balaban J connectivity index is 2.82. The molecular formula is C9H12N2O2. The molecule has 4 nitrogen and oxygen atoms in total. The number of pyridine rings is 1. The molecule has 0 unspecified atom stereocenters. The minimum atomic E-state index is -0.180. The third-order valence-electron chi connectivity index (χ3n) is 1.40. The van der Waals surface area contributed by atoms with Crippen LogP contribution in [0.4, 0.5) is 5.82 Å². The number of anilines is 1. The number of carbonyl (C=O) groups is 1. The maximum Gasteiger partial charge on any atom is 0.249 e. The molecule has 0 N–H and O–H groups in total. The normalized spacial score (nSPS) is 9.69.